The number of phenolic OH excluding ortho intramolecular Hbond substituents is 1. The van der Waals surface area contributed by atoms with E-state index in [1.54, 1.807) is 6.07 Å². The van der Waals surface area contributed by atoms with Gasteiger partial charge in [0, 0.05) is 24.5 Å². The Labute approximate surface area is 108 Å². The van der Waals surface area contributed by atoms with E-state index in [0.29, 0.717) is 12.3 Å². The van der Waals surface area contributed by atoms with Gasteiger partial charge in [-0.3, -0.25) is 4.98 Å². The molecule has 0 atom stereocenters. The summed E-state index contributed by atoms with van der Waals surface area (Å²) in [6, 6.07) is 9.71. The lowest BCUT2D eigenvalue weighted by Gasteiger charge is -2.07. The van der Waals surface area contributed by atoms with Crippen molar-refractivity contribution in [3.8, 4) is 5.75 Å². The maximum Gasteiger partial charge on any atom is 0.120 e. The predicted molar refractivity (Wildman–Crippen MR) is 72.5 cm³/mol. The standard InChI is InChI=1S/C15H18N2O/c1-12-2-3-15(18)14(10-12)11-17-9-6-13-4-7-16-8-5-13/h2-5,7-8,10,17-18H,6,9,11H2,1H3. The van der Waals surface area contributed by atoms with Crippen LogP contribution in [0.2, 0.25) is 0 Å². The number of aryl methyl sites for hydroxylation is 1. The zero-order valence-corrected chi connectivity index (χ0v) is 10.6. The lowest BCUT2D eigenvalue weighted by Crippen LogP contribution is -2.16. The first-order chi connectivity index (χ1) is 8.75. The molecular formula is C15H18N2O. The number of aromatic nitrogens is 1. The van der Waals surface area contributed by atoms with E-state index in [9.17, 15) is 5.11 Å². The smallest absolute Gasteiger partial charge is 0.120 e. The summed E-state index contributed by atoms with van der Waals surface area (Å²) in [5, 5.41) is 13.0. The molecule has 2 aromatic rings. The van der Waals surface area contributed by atoms with E-state index < -0.39 is 0 Å². The first kappa shape index (κ1) is 12.6. The number of rotatable bonds is 5. The van der Waals surface area contributed by atoms with Crippen LogP contribution in [0.1, 0.15) is 16.7 Å². The summed E-state index contributed by atoms with van der Waals surface area (Å²) in [7, 11) is 0. The number of hydrogen-bond donors (Lipinski definition) is 2. The van der Waals surface area contributed by atoms with Crippen LogP contribution >= 0.6 is 0 Å². The molecule has 3 heteroatoms. The highest BCUT2D eigenvalue weighted by molar-refractivity contribution is 5.35. The van der Waals surface area contributed by atoms with Crippen molar-refractivity contribution in [3.63, 3.8) is 0 Å². The van der Waals surface area contributed by atoms with Gasteiger partial charge >= 0.3 is 0 Å². The quantitative estimate of drug-likeness (QED) is 0.791. The van der Waals surface area contributed by atoms with E-state index in [0.717, 1.165) is 18.5 Å². The van der Waals surface area contributed by atoms with E-state index in [2.05, 4.69) is 10.3 Å². The number of nitrogens with one attached hydrogen (secondary N) is 1. The van der Waals surface area contributed by atoms with Gasteiger partial charge in [-0.2, -0.15) is 0 Å². The second kappa shape index (κ2) is 6.17. The summed E-state index contributed by atoms with van der Waals surface area (Å²) in [4.78, 5) is 3.99. The third-order valence-electron chi connectivity index (χ3n) is 2.89. The molecule has 1 heterocycles. The molecule has 0 radical (unpaired) electrons. The Kier molecular flexibility index (Phi) is 4.31. The molecule has 0 spiro atoms. The molecule has 0 saturated heterocycles. The first-order valence-corrected chi connectivity index (χ1v) is 6.14. The maximum atomic E-state index is 9.70. The van der Waals surface area contributed by atoms with Crippen LogP contribution in [0.4, 0.5) is 0 Å². The molecule has 94 valence electrons. The van der Waals surface area contributed by atoms with E-state index in [1.165, 1.54) is 11.1 Å². The van der Waals surface area contributed by atoms with Crippen molar-refractivity contribution in [2.24, 2.45) is 0 Å². The molecule has 3 nitrogen and oxygen atoms in total. The molecule has 0 aliphatic heterocycles. The van der Waals surface area contributed by atoms with Gasteiger partial charge in [0.05, 0.1) is 0 Å². The number of benzene rings is 1. The van der Waals surface area contributed by atoms with Crippen LogP contribution in [0.5, 0.6) is 5.75 Å². The minimum absolute atomic E-state index is 0.358. The van der Waals surface area contributed by atoms with Crippen LogP contribution in [0.25, 0.3) is 0 Å². The molecule has 1 aromatic heterocycles. The van der Waals surface area contributed by atoms with Crippen molar-refractivity contribution in [2.45, 2.75) is 19.9 Å². The second-order valence-corrected chi connectivity index (χ2v) is 4.41. The van der Waals surface area contributed by atoms with Crippen LogP contribution in [0.15, 0.2) is 42.7 Å². The molecular weight excluding hydrogens is 224 g/mol. The van der Waals surface area contributed by atoms with E-state index in [4.69, 9.17) is 0 Å². The highest BCUT2D eigenvalue weighted by Gasteiger charge is 2.00. The first-order valence-electron chi connectivity index (χ1n) is 6.14. The summed E-state index contributed by atoms with van der Waals surface area (Å²) >= 11 is 0. The monoisotopic (exact) mass is 242 g/mol. The second-order valence-electron chi connectivity index (χ2n) is 4.41. The van der Waals surface area contributed by atoms with E-state index in [1.807, 2.05) is 43.6 Å². The van der Waals surface area contributed by atoms with Gasteiger partial charge in [-0.05, 0) is 43.7 Å². The molecule has 0 fully saturated rings. The zero-order valence-electron chi connectivity index (χ0n) is 10.6. The van der Waals surface area contributed by atoms with Gasteiger partial charge in [0.2, 0.25) is 0 Å². The normalized spacial score (nSPS) is 10.5. The average molecular weight is 242 g/mol. The topological polar surface area (TPSA) is 45.1 Å². The molecule has 2 rings (SSSR count). The van der Waals surface area contributed by atoms with Crippen molar-refractivity contribution in [3.05, 3.63) is 59.4 Å². The van der Waals surface area contributed by atoms with Gasteiger partial charge in [0.1, 0.15) is 5.75 Å². The highest BCUT2D eigenvalue weighted by Crippen LogP contribution is 2.17. The largest absolute Gasteiger partial charge is 0.508 e. The van der Waals surface area contributed by atoms with Gasteiger partial charge in [0.15, 0.2) is 0 Å². The Morgan fingerprint density at radius 3 is 2.72 bits per heavy atom. The van der Waals surface area contributed by atoms with E-state index in [-0.39, 0.29) is 0 Å². The average Bonchev–Trinajstić information content (AvgIpc) is 2.40. The van der Waals surface area contributed by atoms with Crippen LogP contribution < -0.4 is 5.32 Å². The molecule has 18 heavy (non-hydrogen) atoms. The summed E-state index contributed by atoms with van der Waals surface area (Å²) < 4.78 is 0. The summed E-state index contributed by atoms with van der Waals surface area (Å²) in [5.41, 5.74) is 3.38. The SMILES string of the molecule is Cc1ccc(O)c(CNCCc2ccncc2)c1. The number of nitrogens with zero attached hydrogens (tertiary/aromatic N) is 1. The van der Waals surface area contributed by atoms with Crippen molar-refractivity contribution >= 4 is 0 Å². The Bertz CT molecular complexity index is 497. The Hall–Kier alpha value is -1.87. The molecule has 0 amide bonds. The fourth-order valence-electron chi connectivity index (χ4n) is 1.86. The van der Waals surface area contributed by atoms with Crippen LogP contribution in [-0.4, -0.2) is 16.6 Å². The Balaban J connectivity index is 1.80. The van der Waals surface area contributed by atoms with Crippen molar-refractivity contribution in [1.29, 1.82) is 0 Å². The molecule has 2 N–H and O–H groups in total. The number of aromatic hydroxyl groups is 1. The molecule has 0 unspecified atom stereocenters. The molecule has 0 aliphatic carbocycles. The molecule has 1 aromatic carbocycles. The molecule has 0 bridgehead atoms. The lowest BCUT2D eigenvalue weighted by atomic mass is 10.1. The Morgan fingerprint density at radius 2 is 1.94 bits per heavy atom. The number of phenols is 1. The zero-order chi connectivity index (χ0) is 12.8. The lowest BCUT2D eigenvalue weighted by molar-refractivity contribution is 0.464. The predicted octanol–water partition coefficient (Wildman–Crippen LogP) is 2.43. The number of hydrogen-bond acceptors (Lipinski definition) is 3. The van der Waals surface area contributed by atoms with Crippen LogP contribution in [0, 0.1) is 6.92 Å². The third kappa shape index (κ3) is 3.57. The van der Waals surface area contributed by atoms with Gasteiger partial charge in [-0.25, -0.2) is 0 Å². The Morgan fingerprint density at radius 1 is 1.17 bits per heavy atom. The van der Waals surface area contributed by atoms with Gasteiger partial charge in [-0.15, -0.1) is 0 Å². The third-order valence-corrected chi connectivity index (χ3v) is 2.89. The van der Waals surface area contributed by atoms with Gasteiger partial charge in [0.25, 0.3) is 0 Å². The highest BCUT2D eigenvalue weighted by atomic mass is 16.3. The minimum atomic E-state index is 0.358. The number of pyridine rings is 1. The maximum absolute atomic E-state index is 9.70. The van der Waals surface area contributed by atoms with Crippen molar-refractivity contribution < 1.29 is 5.11 Å². The molecule has 0 saturated carbocycles. The minimum Gasteiger partial charge on any atom is -0.508 e. The van der Waals surface area contributed by atoms with Gasteiger partial charge in [-0.1, -0.05) is 17.7 Å². The van der Waals surface area contributed by atoms with Crippen LogP contribution in [0.3, 0.4) is 0 Å². The summed E-state index contributed by atoms with van der Waals surface area (Å²) in [6.45, 7) is 3.61. The fraction of sp³-hybridized carbons (Fsp3) is 0.267. The van der Waals surface area contributed by atoms with Crippen LogP contribution in [-0.2, 0) is 13.0 Å². The van der Waals surface area contributed by atoms with E-state index >= 15 is 0 Å². The summed E-state index contributed by atoms with van der Waals surface area (Å²) in [6.07, 6.45) is 4.58. The van der Waals surface area contributed by atoms with Crippen molar-refractivity contribution in [2.75, 3.05) is 6.54 Å². The van der Waals surface area contributed by atoms with Crippen molar-refractivity contribution in [1.82, 2.24) is 10.3 Å². The fourth-order valence-corrected chi connectivity index (χ4v) is 1.86. The molecule has 0 aliphatic rings. The van der Waals surface area contributed by atoms with Gasteiger partial charge < -0.3 is 10.4 Å². The summed E-state index contributed by atoms with van der Waals surface area (Å²) in [5.74, 6) is 0.358.